The fraction of sp³-hybridized carbons (Fsp3) is 0.367. The van der Waals surface area contributed by atoms with Gasteiger partial charge >= 0.3 is 5.97 Å². The third-order valence-electron chi connectivity index (χ3n) is 7.60. The van der Waals surface area contributed by atoms with Crippen LogP contribution in [-0.4, -0.2) is 67.3 Å². The summed E-state index contributed by atoms with van der Waals surface area (Å²) in [5.41, 5.74) is 3.16. The van der Waals surface area contributed by atoms with Crippen LogP contribution in [0.1, 0.15) is 46.7 Å². The number of aromatic carboxylic acids is 1. The Bertz CT molecular complexity index is 1570. The first-order valence-electron chi connectivity index (χ1n) is 13.8. The van der Waals surface area contributed by atoms with Crippen LogP contribution >= 0.6 is 0 Å². The van der Waals surface area contributed by atoms with E-state index in [0.717, 1.165) is 67.3 Å². The van der Waals surface area contributed by atoms with Crippen molar-refractivity contribution in [2.24, 2.45) is 0 Å². The van der Waals surface area contributed by atoms with Crippen molar-refractivity contribution in [3.05, 3.63) is 77.4 Å². The number of carbonyl (C=O) groups is 1. The normalized spacial score (nSPS) is 17.6. The second kappa shape index (κ2) is 11.9. The van der Waals surface area contributed by atoms with E-state index in [-0.39, 0.29) is 24.3 Å². The SMILES string of the molecule is N#Cc1ccc(COc2cccc(NC3CCN(Cc4nc5ccc(C(=O)O)cc5n4CC4CCO4)CC3)n2)nc1. The Balaban J connectivity index is 1.05. The van der Waals surface area contributed by atoms with Crippen molar-refractivity contribution >= 4 is 22.8 Å². The van der Waals surface area contributed by atoms with Gasteiger partial charge in [0, 0.05) is 38.0 Å². The number of rotatable bonds is 10. The second-order valence-corrected chi connectivity index (χ2v) is 10.4. The first-order chi connectivity index (χ1) is 20.0. The Hall–Kier alpha value is -4.53. The molecule has 1 unspecified atom stereocenters. The van der Waals surface area contributed by atoms with Gasteiger partial charge in [-0.15, -0.1) is 0 Å². The summed E-state index contributed by atoms with van der Waals surface area (Å²) in [6, 6.07) is 16.6. The van der Waals surface area contributed by atoms with Crippen LogP contribution in [0.2, 0.25) is 0 Å². The Morgan fingerprint density at radius 1 is 1.15 bits per heavy atom. The highest BCUT2D eigenvalue weighted by molar-refractivity contribution is 5.92. The minimum absolute atomic E-state index is 0.141. The van der Waals surface area contributed by atoms with Crippen LogP contribution in [0.5, 0.6) is 5.88 Å². The van der Waals surface area contributed by atoms with Crippen molar-refractivity contribution in [3.8, 4) is 11.9 Å². The van der Waals surface area contributed by atoms with Crippen LogP contribution < -0.4 is 10.1 Å². The highest BCUT2D eigenvalue weighted by Crippen LogP contribution is 2.25. The molecule has 0 amide bonds. The van der Waals surface area contributed by atoms with Crippen molar-refractivity contribution in [2.75, 3.05) is 25.0 Å². The number of ether oxygens (including phenoxy) is 2. The number of benzene rings is 1. The van der Waals surface area contributed by atoms with E-state index in [1.54, 1.807) is 30.3 Å². The smallest absolute Gasteiger partial charge is 0.335 e. The van der Waals surface area contributed by atoms with E-state index >= 15 is 0 Å². The van der Waals surface area contributed by atoms with Crippen LogP contribution in [0.3, 0.4) is 0 Å². The molecule has 2 aliphatic heterocycles. The quantitative estimate of drug-likeness (QED) is 0.298. The van der Waals surface area contributed by atoms with Crippen LogP contribution in [0, 0.1) is 11.3 Å². The van der Waals surface area contributed by atoms with Crippen LogP contribution in [-0.2, 0) is 24.4 Å². The van der Waals surface area contributed by atoms with Crippen LogP contribution in [0.25, 0.3) is 11.0 Å². The highest BCUT2D eigenvalue weighted by Gasteiger charge is 2.25. The highest BCUT2D eigenvalue weighted by atomic mass is 16.5. The van der Waals surface area contributed by atoms with Crippen molar-refractivity contribution in [1.82, 2.24) is 24.4 Å². The molecular weight excluding hydrogens is 522 g/mol. The fourth-order valence-electron chi connectivity index (χ4n) is 5.21. The predicted octanol–water partition coefficient (Wildman–Crippen LogP) is 3.84. The van der Waals surface area contributed by atoms with Gasteiger partial charge in [-0.25, -0.2) is 9.78 Å². The molecule has 4 aromatic rings. The number of nitriles is 1. The molecule has 1 aromatic carbocycles. The van der Waals surface area contributed by atoms with E-state index in [1.807, 2.05) is 18.2 Å². The lowest BCUT2D eigenvalue weighted by Crippen LogP contribution is -2.39. The lowest BCUT2D eigenvalue weighted by molar-refractivity contribution is -0.0592. The fourth-order valence-corrected chi connectivity index (χ4v) is 5.21. The summed E-state index contributed by atoms with van der Waals surface area (Å²) in [5, 5.41) is 22.0. The molecule has 11 heteroatoms. The lowest BCUT2D eigenvalue weighted by atomic mass is 10.1. The number of nitrogens with one attached hydrogen (secondary N) is 1. The number of anilines is 1. The molecule has 0 saturated carbocycles. The molecule has 2 fully saturated rings. The summed E-state index contributed by atoms with van der Waals surface area (Å²) in [6.45, 7) is 4.23. The molecular formula is C30H31N7O4. The van der Waals surface area contributed by atoms with Crippen LogP contribution in [0.4, 0.5) is 5.82 Å². The maximum Gasteiger partial charge on any atom is 0.335 e. The molecule has 41 heavy (non-hydrogen) atoms. The van der Waals surface area contributed by atoms with E-state index in [1.165, 1.54) is 6.20 Å². The molecule has 6 rings (SSSR count). The van der Waals surface area contributed by atoms with Gasteiger partial charge in [-0.3, -0.25) is 9.88 Å². The number of fused-ring (bicyclic) bond motifs is 1. The van der Waals surface area contributed by atoms with Gasteiger partial charge in [-0.1, -0.05) is 6.07 Å². The molecule has 2 N–H and O–H groups in total. The molecule has 1 atom stereocenters. The number of nitrogens with zero attached hydrogens (tertiary/aromatic N) is 6. The minimum atomic E-state index is -0.939. The van der Waals surface area contributed by atoms with E-state index in [9.17, 15) is 9.90 Å². The van der Waals surface area contributed by atoms with Gasteiger partial charge < -0.3 is 24.5 Å². The summed E-state index contributed by atoms with van der Waals surface area (Å²) < 4.78 is 13.6. The van der Waals surface area contributed by atoms with Gasteiger partial charge in [-0.05, 0) is 55.7 Å². The van der Waals surface area contributed by atoms with Crippen molar-refractivity contribution in [2.45, 2.75) is 51.1 Å². The molecule has 210 valence electrons. The van der Waals surface area contributed by atoms with Gasteiger partial charge in [0.1, 0.15) is 24.3 Å². The van der Waals surface area contributed by atoms with E-state index in [4.69, 9.17) is 19.7 Å². The molecule has 2 aliphatic rings. The summed E-state index contributed by atoms with van der Waals surface area (Å²) >= 11 is 0. The summed E-state index contributed by atoms with van der Waals surface area (Å²) in [5.74, 6) is 1.28. The largest absolute Gasteiger partial charge is 0.478 e. The molecule has 2 saturated heterocycles. The van der Waals surface area contributed by atoms with Gasteiger partial charge in [0.15, 0.2) is 0 Å². The zero-order valence-electron chi connectivity index (χ0n) is 22.6. The second-order valence-electron chi connectivity index (χ2n) is 10.4. The standard InChI is InChI=1S/C30H31N7O4/c31-15-20-4-6-23(32-16-20)19-41-29-3-1-2-27(35-29)33-22-8-11-36(12-9-22)18-28-34-25-7-5-21(30(38)39)14-26(25)37(28)17-24-10-13-40-24/h1-7,14,16,22,24H,8-13,17-19H2,(H,33,35)(H,38,39). The number of imidazole rings is 1. The number of carboxylic acid groups (broad SMARTS) is 1. The molecule has 5 heterocycles. The number of hydrogen-bond acceptors (Lipinski definition) is 9. The zero-order valence-corrected chi connectivity index (χ0v) is 22.6. The Labute approximate surface area is 237 Å². The van der Waals surface area contributed by atoms with E-state index in [2.05, 4.69) is 30.8 Å². The topological polar surface area (TPSA) is 138 Å². The maximum atomic E-state index is 11.6. The van der Waals surface area contributed by atoms with Crippen LogP contribution in [0.15, 0.2) is 54.7 Å². The zero-order chi connectivity index (χ0) is 28.2. The third kappa shape index (κ3) is 6.29. The average Bonchev–Trinajstić information content (AvgIpc) is 3.31. The van der Waals surface area contributed by atoms with Gasteiger partial charge in [0.25, 0.3) is 0 Å². The Morgan fingerprint density at radius 3 is 2.71 bits per heavy atom. The van der Waals surface area contributed by atoms with Crippen molar-refractivity contribution in [1.29, 1.82) is 5.26 Å². The molecule has 0 bridgehead atoms. The summed E-state index contributed by atoms with van der Waals surface area (Å²) in [4.78, 5) is 27.7. The van der Waals surface area contributed by atoms with Gasteiger partial charge in [-0.2, -0.15) is 10.2 Å². The molecule has 0 spiro atoms. The van der Waals surface area contributed by atoms with Crippen molar-refractivity contribution in [3.63, 3.8) is 0 Å². The third-order valence-corrected chi connectivity index (χ3v) is 7.60. The minimum Gasteiger partial charge on any atom is -0.478 e. The number of aromatic nitrogens is 4. The number of pyridine rings is 2. The van der Waals surface area contributed by atoms with E-state index < -0.39 is 5.97 Å². The number of likely N-dealkylation sites (tertiary alicyclic amines) is 1. The first kappa shape index (κ1) is 26.7. The molecule has 11 nitrogen and oxygen atoms in total. The monoisotopic (exact) mass is 553 g/mol. The van der Waals surface area contributed by atoms with Gasteiger partial charge in [0.05, 0.1) is 47.0 Å². The predicted molar refractivity (Wildman–Crippen MR) is 150 cm³/mol. The Kier molecular flexibility index (Phi) is 7.75. The maximum absolute atomic E-state index is 11.6. The molecule has 0 radical (unpaired) electrons. The average molecular weight is 554 g/mol. The molecule has 0 aliphatic carbocycles. The molecule has 3 aromatic heterocycles. The summed E-state index contributed by atoms with van der Waals surface area (Å²) in [6.07, 6.45) is 4.59. The number of hydrogen-bond donors (Lipinski definition) is 2. The van der Waals surface area contributed by atoms with Crippen molar-refractivity contribution < 1.29 is 19.4 Å². The van der Waals surface area contributed by atoms with E-state index in [0.29, 0.717) is 24.5 Å². The number of piperidine rings is 1. The van der Waals surface area contributed by atoms with Gasteiger partial charge in [0.2, 0.25) is 5.88 Å². The Morgan fingerprint density at radius 2 is 2.00 bits per heavy atom. The first-order valence-corrected chi connectivity index (χ1v) is 13.8. The summed E-state index contributed by atoms with van der Waals surface area (Å²) in [7, 11) is 0. The lowest BCUT2D eigenvalue weighted by Gasteiger charge is -2.33. The number of carboxylic acids is 1.